The van der Waals surface area contributed by atoms with Gasteiger partial charge < -0.3 is 14.8 Å². The molecule has 3 rings (SSSR count). The molecule has 0 bridgehead atoms. The summed E-state index contributed by atoms with van der Waals surface area (Å²) in [6.45, 7) is 0.233. The van der Waals surface area contributed by atoms with Gasteiger partial charge in [0.05, 0.1) is 6.21 Å². The molecule has 2 amide bonds. The maximum Gasteiger partial charge on any atom is 0.329 e. The third kappa shape index (κ3) is 4.91. The lowest BCUT2D eigenvalue weighted by atomic mass is 10.2. The highest BCUT2D eigenvalue weighted by Gasteiger charge is 2.16. The fourth-order valence-electron chi connectivity index (χ4n) is 2.16. The van der Waals surface area contributed by atoms with Gasteiger partial charge in [-0.15, -0.1) is 0 Å². The van der Waals surface area contributed by atoms with Crippen LogP contribution in [0.15, 0.2) is 39.9 Å². The van der Waals surface area contributed by atoms with Gasteiger partial charge in [-0.3, -0.25) is 9.59 Å². The normalized spacial score (nSPS) is 12.3. The average molecular weight is 473 g/mol. The molecular weight excluding hydrogens is 461 g/mol. The van der Waals surface area contributed by atoms with Gasteiger partial charge in [0.2, 0.25) is 6.79 Å². The minimum absolute atomic E-state index is 0.0830. The van der Waals surface area contributed by atoms with E-state index in [1.54, 1.807) is 30.3 Å². The molecule has 2 aromatic rings. The molecule has 0 aromatic heterocycles. The zero-order chi connectivity index (χ0) is 19.4. The number of amides is 2. The van der Waals surface area contributed by atoms with E-state index < -0.39 is 11.8 Å². The summed E-state index contributed by atoms with van der Waals surface area (Å²) in [5, 5.41) is 7.11. The summed E-state index contributed by atoms with van der Waals surface area (Å²) < 4.78 is 11.2. The van der Waals surface area contributed by atoms with Gasteiger partial charge in [-0.05, 0) is 45.8 Å². The van der Waals surface area contributed by atoms with Gasteiger partial charge in [0.15, 0.2) is 11.5 Å². The van der Waals surface area contributed by atoms with Crippen LogP contribution in [-0.4, -0.2) is 24.8 Å². The standard InChI is InChI=1S/C17H12BrCl2N3O4/c18-12-5-15-14(26-8-27-15)3-10(12)7-22-23-17(25)16(24)21-6-9-1-2-11(19)4-13(9)20/h1-5,7H,6,8H2,(H,21,24)(H,23,25). The number of benzene rings is 2. The average Bonchev–Trinajstić information content (AvgIpc) is 3.07. The Morgan fingerprint density at radius 2 is 1.89 bits per heavy atom. The van der Waals surface area contributed by atoms with Crippen LogP contribution in [0.25, 0.3) is 0 Å². The molecule has 0 saturated carbocycles. The minimum Gasteiger partial charge on any atom is -0.454 e. The number of fused-ring (bicyclic) bond motifs is 1. The van der Waals surface area contributed by atoms with Crippen molar-refractivity contribution < 1.29 is 19.1 Å². The number of carbonyl (C=O) groups excluding carboxylic acids is 2. The number of nitrogens with one attached hydrogen (secondary N) is 2. The van der Waals surface area contributed by atoms with E-state index in [0.717, 1.165) is 0 Å². The van der Waals surface area contributed by atoms with Crippen LogP contribution in [0, 0.1) is 0 Å². The Hall–Kier alpha value is -2.29. The van der Waals surface area contributed by atoms with Crippen LogP contribution in [0.4, 0.5) is 0 Å². The Kier molecular flexibility index (Phi) is 6.20. The van der Waals surface area contributed by atoms with Gasteiger partial charge in [-0.1, -0.05) is 29.3 Å². The second kappa shape index (κ2) is 8.60. The van der Waals surface area contributed by atoms with Crippen molar-refractivity contribution in [3.8, 4) is 11.5 Å². The van der Waals surface area contributed by atoms with E-state index >= 15 is 0 Å². The predicted octanol–water partition coefficient (Wildman–Crippen LogP) is 3.25. The minimum atomic E-state index is -0.909. The van der Waals surface area contributed by atoms with Crippen molar-refractivity contribution in [3.63, 3.8) is 0 Å². The van der Waals surface area contributed by atoms with Crippen molar-refractivity contribution in [2.45, 2.75) is 6.54 Å². The first kappa shape index (κ1) is 19.5. The number of hydrogen-bond acceptors (Lipinski definition) is 5. The van der Waals surface area contributed by atoms with Crippen LogP contribution in [-0.2, 0) is 16.1 Å². The van der Waals surface area contributed by atoms with Crippen LogP contribution in [0.3, 0.4) is 0 Å². The van der Waals surface area contributed by atoms with Crippen LogP contribution >= 0.6 is 39.1 Å². The van der Waals surface area contributed by atoms with Crippen molar-refractivity contribution >= 4 is 57.2 Å². The Bertz CT molecular complexity index is 937. The third-order valence-corrected chi connectivity index (χ3v) is 4.80. The summed E-state index contributed by atoms with van der Waals surface area (Å²) in [7, 11) is 0. The molecule has 0 fully saturated rings. The highest BCUT2D eigenvalue weighted by Crippen LogP contribution is 2.36. The molecule has 10 heteroatoms. The highest BCUT2D eigenvalue weighted by molar-refractivity contribution is 9.10. The molecule has 2 aromatic carbocycles. The number of carbonyl (C=O) groups is 2. The SMILES string of the molecule is O=C(NCc1ccc(Cl)cc1Cl)C(=O)NN=Cc1cc2c(cc1Br)OCO2. The second-order valence-corrected chi connectivity index (χ2v) is 7.04. The predicted molar refractivity (Wildman–Crippen MR) is 104 cm³/mol. The molecule has 27 heavy (non-hydrogen) atoms. The second-order valence-electron chi connectivity index (χ2n) is 5.34. The molecule has 7 nitrogen and oxygen atoms in total. The molecule has 0 saturated heterocycles. The lowest BCUT2D eigenvalue weighted by molar-refractivity contribution is -0.139. The van der Waals surface area contributed by atoms with Crippen LogP contribution in [0.5, 0.6) is 11.5 Å². The van der Waals surface area contributed by atoms with Crippen LogP contribution in [0.1, 0.15) is 11.1 Å². The van der Waals surface area contributed by atoms with Crippen molar-refractivity contribution in [3.05, 3.63) is 56.0 Å². The molecule has 0 unspecified atom stereocenters. The molecule has 2 N–H and O–H groups in total. The van der Waals surface area contributed by atoms with Crippen molar-refractivity contribution in [1.82, 2.24) is 10.7 Å². The summed E-state index contributed by atoms with van der Waals surface area (Å²) in [6, 6.07) is 8.29. The number of ether oxygens (including phenoxy) is 2. The van der Waals surface area contributed by atoms with Crippen LogP contribution < -0.4 is 20.2 Å². The van der Waals surface area contributed by atoms with E-state index in [2.05, 4.69) is 31.8 Å². The largest absolute Gasteiger partial charge is 0.454 e. The number of hydrazone groups is 1. The lowest BCUT2D eigenvalue weighted by Gasteiger charge is -2.06. The van der Waals surface area contributed by atoms with E-state index in [4.69, 9.17) is 32.7 Å². The van der Waals surface area contributed by atoms with E-state index in [0.29, 0.717) is 37.1 Å². The third-order valence-electron chi connectivity index (χ3n) is 3.52. The fraction of sp³-hybridized carbons (Fsp3) is 0.118. The summed E-state index contributed by atoms with van der Waals surface area (Å²) in [5.74, 6) is -0.567. The van der Waals surface area contributed by atoms with Gasteiger partial charge in [0.25, 0.3) is 0 Å². The molecule has 0 spiro atoms. The molecular formula is C17H12BrCl2N3O4. The number of halogens is 3. The number of hydrogen-bond donors (Lipinski definition) is 2. The summed E-state index contributed by atoms with van der Waals surface area (Å²) >= 11 is 15.2. The Balaban J connectivity index is 1.54. The quantitative estimate of drug-likeness (QED) is 0.406. The van der Waals surface area contributed by atoms with Crippen LogP contribution in [0.2, 0.25) is 10.0 Å². The Morgan fingerprint density at radius 1 is 1.15 bits per heavy atom. The molecule has 1 aliphatic heterocycles. The fourth-order valence-corrected chi connectivity index (χ4v) is 3.06. The van der Waals surface area contributed by atoms with Gasteiger partial charge in [-0.2, -0.15) is 5.10 Å². The van der Waals surface area contributed by atoms with Gasteiger partial charge in [0, 0.05) is 26.6 Å². The molecule has 0 aliphatic carbocycles. The summed E-state index contributed by atoms with van der Waals surface area (Å²) in [6.07, 6.45) is 1.38. The highest BCUT2D eigenvalue weighted by atomic mass is 79.9. The molecule has 1 heterocycles. The summed E-state index contributed by atoms with van der Waals surface area (Å²) in [4.78, 5) is 23.7. The van der Waals surface area contributed by atoms with Crippen molar-refractivity contribution in [2.75, 3.05) is 6.79 Å². The van der Waals surface area contributed by atoms with Crippen molar-refractivity contribution in [1.29, 1.82) is 0 Å². The van der Waals surface area contributed by atoms with E-state index in [1.807, 2.05) is 0 Å². The monoisotopic (exact) mass is 471 g/mol. The zero-order valence-corrected chi connectivity index (χ0v) is 16.7. The van der Waals surface area contributed by atoms with E-state index in [9.17, 15) is 9.59 Å². The maximum atomic E-state index is 11.8. The smallest absolute Gasteiger partial charge is 0.329 e. The van der Waals surface area contributed by atoms with Crippen molar-refractivity contribution in [2.24, 2.45) is 5.10 Å². The topological polar surface area (TPSA) is 89.0 Å². The van der Waals surface area contributed by atoms with Gasteiger partial charge >= 0.3 is 11.8 Å². The van der Waals surface area contributed by atoms with Gasteiger partial charge in [0.1, 0.15) is 0 Å². The molecule has 0 atom stereocenters. The molecule has 1 aliphatic rings. The first-order chi connectivity index (χ1) is 12.9. The van der Waals surface area contributed by atoms with E-state index in [1.165, 1.54) is 6.21 Å². The van der Waals surface area contributed by atoms with Gasteiger partial charge in [-0.25, -0.2) is 5.43 Å². The lowest BCUT2D eigenvalue weighted by Crippen LogP contribution is -2.37. The number of nitrogens with zero attached hydrogens (tertiary/aromatic N) is 1. The molecule has 140 valence electrons. The Morgan fingerprint density at radius 3 is 2.63 bits per heavy atom. The zero-order valence-electron chi connectivity index (χ0n) is 13.6. The maximum absolute atomic E-state index is 11.8. The first-order valence-electron chi connectivity index (χ1n) is 7.58. The summed E-state index contributed by atoms with van der Waals surface area (Å²) in [5.41, 5.74) is 3.44. The Labute approximate surface area is 172 Å². The first-order valence-corrected chi connectivity index (χ1v) is 9.13. The number of rotatable bonds is 4. The molecule has 0 radical (unpaired) electrons. The van der Waals surface area contributed by atoms with E-state index in [-0.39, 0.29) is 13.3 Å².